The van der Waals surface area contributed by atoms with Crippen LogP contribution in [0, 0.1) is 5.82 Å². The van der Waals surface area contributed by atoms with Crippen LogP contribution in [-0.4, -0.2) is 35.8 Å². The molecule has 1 unspecified atom stereocenters. The molecular weight excluding hydrogens is 281 g/mol. The summed E-state index contributed by atoms with van der Waals surface area (Å²) >= 11 is 0. The van der Waals surface area contributed by atoms with E-state index in [1.54, 1.807) is 18.2 Å². The van der Waals surface area contributed by atoms with Gasteiger partial charge in [-0.1, -0.05) is 48.5 Å². The Bertz CT molecular complexity index is 605. The number of aliphatic hydroxyl groups excluding tert-OH is 1. The van der Waals surface area contributed by atoms with E-state index in [9.17, 15) is 9.50 Å². The van der Waals surface area contributed by atoms with Crippen LogP contribution in [0.4, 0.5) is 4.39 Å². The fourth-order valence-corrected chi connectivity index (χ4v) is 2.88. The predicted molar refractivity (Wildman–Crippen MR) is 82.8 cm³/mol. The number of aliphatic hydroxyl groups is 1. The number of benzene rings is 2. The lowest BCUT2D eigenvalue weighted by atomic mass is 9.99. The Labute approximate surface area is 130 Å². The molecule has 1 N–H and O–H groups in total. The number of ether oxygens (including phenoxy) is 1. The van der Waals surface area contributed by atoms with Crippen molar-refractivity contribution in [2.75, 3.05) is 19.8 Å². The molecule has 4 heteroatoms. The molecule has 1 saturated heterocycles. The summed E-state index contributed by atoms with van der Waals surface area (Å²) in [6.07, 6.45) is -0.898. The molecule has 116 valence electrons. The number of halogens is 1. The van der Waals surface area contributed by atoms with Crippen molar-refractivity contribution in [2.24, 2.45) is 0 Å². The Morgan fingerprint density at radius 3 is 2.64 bits per heavy atom. The fraction of sp³-hybridized carbons (Fsp3) is 0.333. The lowest BCUT2D eigenvalue weighted by Gasteiger charge is -2.38. The Hall–Kier alpha value is -1.75. The third-order valence-corrected chi connectivity index (χ3v) is 4.10. The van der Waals surface area contributed by atoms with Crippen LogP contribution >= 0.6 is 0 Å². The highest BCUT2D eigenvalue weighted by atomic mass is 19.1. The fourth-order valence-electron chi connectivity index (χ4n) is 2.88. The third-order valence-electron chi connectivity index (χ3n) is 4.10. The van der Waals surface area contributed by atoms with Crippen LogP contribution in [0.3, 0.4) is 0 Å². The number of morpholine rings is 1. The number of hydrogen-bond donors (Lipinski definition) is 1. The van der Waals surface area contributed by atoms with Crippen molar-refractivity contribution in [3.8, 4) is 0 Å². The van der Waals surface area contributed by atoms with Crippen LogP contribution in [0.5, 0.6) is 0 Å². The Balaban J connectivity index is 1.79. The lowest BCUT2D eigenvalue weighted by Crippen LogP contribution is -2.48. The normalized spacial score (nSPS) is 20.7. The zero-order chi connectivity index (χ0) is 15.4. The number of nitrogens with zero attached hydrogens (tertiary/aromatic N) is 1. The molecule has 0 aromatic heterocycles. The van der Waals surface area contributed by atoms with E-state index in [1.807, 2.05) is 18.2 Å². The second-order valence-electron chi connectivity index (χ2n) is 5.56. The van der Waals surface area contributed by atoms with Crippen LogP contribution in [0.25, 0.3) is 0 Å². The zero-order valence-electron chi connectivity index (χ0n) is 12.4. The van der Waals surface area contributed by atoms with Crippen LogP contribution in [0.2, 0.25) is 0 Å². The maximum absolute atomic E-state index is 13.9. The second-order valence-corrected chi connectivity index (χ2v) is 5.56. The molecule has 2 atom stereocenters. The van der Waals surface area contributed by atoms with Crippen molar-refractivity contribution in [1.29, 1.82) is 0 Å². The van der Waals surface area contributed by atoms with Gasteiger partial charge in [0.2, 0.25) is 0 Å². The third kappa shape index (κ3) is 3.35. The van der Waals surface area contributed by atoms with Crippen LogP contribution < -0.4 is 0 Å². The first-order valence-electron chi connectivity index (χ1n) is 7.54. The molecule has 2 aromatic rings. The molecule has 0 amide bonds. The first-order chi connectivity index (χ1) is 10.8. The van der Waals surface area contributed by atoms with Crippen molar-refractivity contribution in [1.82, 2.24) is 4.90 Å². The summed E-state index contributed by atoms with van der Waals surface area (Å²) in [5.41, 5.74) is 1.51. The van der Waals surface area contributed by atoms with Gasteiger partial charge in [0.15, 0.2) is 0 Å². The van der Waals surface area contributed by atoms with Gasteiger partial charge in [-0.05, 0) is 11.6 Å². The summed E-state index contributed by atoms with van der Waals surface area (Å²) in [6, 6.07) is 16.2. The summed E-state index contributed by atoms with van der Waals surface area (Å²) < 4.78 is 19.4. The van der Waals surface area contributed by atoms with Gasteiger partial charge in [-0.25, -0.2) is 4.39 Å². The molecule has 0 saturated carbocycles. The summed E-state index contributed by atoms with van der Waals surface area (Å²) in [5, 5.41) is 10.6. The van der Waals surface area contributed by atoms with Gasteiger partial charge < -0.3 is 9.84 Å². The largest absolute Gasteiger partial charge is 0.387 e. The Kier molecular flexibility index (Phi) is 4.83. The highest BCUT2D eigenvalue weighted by Gasteiger charge is 2.31. The first kappa shape index (κ1) is 15.2. The zero-order valence-corrected chi connectivity index (χ0v) is 12.4. The molecule has 0 spiro atoms. The average Bonchev–Trinajstić information content (AvgIpc) is 2.56. The smallest absolute Gasteiger partial charge is 0.129 e. The van der Waals surface area contributed by atoms with Gasteiger partial charge in [-0.15, -0.1) is 0 Å². The van der Waals surface area contributed by atoms with E-state index in [0.717, 1.165) is 13.1 Å². The summed E-state index contributed by atoms with van der Waals surface area (Å²) in [5.74, 6) is -0.375. The minimum atomic E-state index is -0.898. The van der Waals surface area contributed by atoms with E-state index < -0.39 is 6.10 Å². The molecule has 3 rings (SSSR count). The van der Waals surface area contributed by atoms with Crippen LogP contribution in [0.1, 0.15) is 17.2 Å². The highest BCUT2D eigenvalue weighted by molar-refractivity contribution is 5.22. The van der Waals surface area contributed by atoms with Crippen molar-refractivity contribution >= 4 is 0 Å². The van der Waals surface area contributed by atoms with E-state index in [0.29, 0.717) is 18.8 Å². The van der Waals surface area contributed by atoms with Crippen molar-refractivity contribution < 1.29 is 14.2 Å². The maximum atomic E-state index is 13.9. The minimum absolute atomic E-state index is 0.245. The monoisotopic (exact) mass is 301 g/mol. The second kappa shape index (κ2) is 7.01. The summed E-state index contributed by atoms with van der Waals surface area (Å²) in [4.78, 5) is 2.16. The van der Waals surface area contributed by atoms with E-state index in [2.05, 4.69) is 17.0 Å². The molecule has 1 fully saturated rings. The summed E-state index contributed by atoms with van der Waals surface area (Å²) in [7, 11) is 0. The lowest BCUT2D eigenvalue weighted by molar-refractivity contribution is -0.0640. The Morgan fingerprint density at radius 1 is 1.14 bits per heavy atom. The topological polar surface area (TPSA) is 32.7 Å². The number of hydrogen-bond acceptors (Lipinski definition) is 3. The van der Waals surface area contributed by atoms with Crippen molar-refractivity contribution in [2.45, 2.75) is 18.7 Å². The predicted octanol–water partition coefficient (Wildman–Crippen LogP) is 2.76. The molecule has 0 bridgehead atoms. The quantitative estimate of drug-likeness (QED) is 0.942. The standard InChI is InChI=1S/C18H20FNO2/c19-16-9-5-4-8-15(16)18(21)17-13-22-11-10-20(17)12-14-6-2-1-3-7-14/h1-9,17-18,21H,10-13H2/t17?,18-/m1/s1. The van der Waals surface area contributed by atoms with Crippen LogP contribution in [0.15, 0.2) is 54.6 Å². The van der Waals surface area contributed by atoms with Gasteiger partial charge in [0.1, 0.15) is 5.82 Å². The summed E-state index contributed by atoms with van der Waals surface area (Å²) in [6.45, 7) is 2.49. The first-order valence-corrected chi connectivity index (χ1v) is 7.54. The molecule has 22 heavy (non-hydrogen) atoms. The molecule has 2 aromatic carbocycles. The van der Waals surface area contributed by atoms with Gasteiger partial charge in [-0.2, -0.15) is 0 Å². The molecule has 1 aliphatic heterocycles. The molecular formula is C18H20FNO2. The molecule has 1 aliphatic rings. The molecule has 0 aliphatic carbocycles. The van der Waals surface area contributed by atoms with Crippen LogP contribution in [-0.2, 0) is 11.3 Å². The minimum Gasteiger partial charge on any atom is -0.387 e. The van der Waals surface area contributed by atoms with E-state index in [-0.39, 0.29) is 11.9 Å². The van der Waals surface area contributed by atoms with Gasteiger partial charge in [-0.3, -0.25) is 4.90 Å². The van der Waals surface area contributed by atoms with E-state index in [1.165, 1.54) is 11.6 Å². The number of rotatable bonds is 4. The van der Waals surface area contributed by atoms with E-state index in [4.69, 9.17) is 4.74 Å². The van der Waals surface area contributed by atoms with Gasteiger partial charge in [0.05, 0.1) is 25.4 Å². The average molecular weight is 301 g/mol. The molecule has 1 heterocycles. The van der Waals surface area contributed by atoms with Crippen molar-refractivity contribution in [3.05, 3.63) is 71.5 Å². The highest BCUT2D eigenvalue weighted by Crippen LogP contribution is 2.26. The molecule has 0 radical (unpaired) electrons. The van der Waals surface area contributed by atoms with E-state index >= 15 is 0 Å². The SMILES string of the molecule is O[C@H](c1ccccc1F)C1COCCN1Cc1ccccc1. The van der Waals surface area contributed by atoms with Crippen molar-refractivity contribution in [3.63, 3.8) is 0 Å². The van der Waals surface area contributed by atoms with Gasteiger partial charge >= 0.3 is 0 Å². The molecule has 3 nitrogen and oxygen atoms in total. The Morgan fingerprint density at radius 2 is 1.86 bits per heavy atom. The maximum Gasteiger partial charge on any atom is 0.129 e. The van der Waals surface area contributed by atoms with Gasteiger partial charge in [0.25, 0.3) is 0 Å². The van der Waals surface area contributed by atoms with Gasteiger partial charge in [0, 0.05) is 18.7 Å².